The first-order valence-electron chi connectivity index (χ1n) is 7.13. The normalized spacial score (nSPS) is 26.2. The maximum atomic E-state index is 10.1. The van der Waals surface area contributed by atoms with E-state index in [1.54, 1.807) is 0 Å². The van der Waals surface area contributed by atoms with Crippen LogP contribution in [0, 0.1) is 0 Å². The molecule has 1 saturated carbocycles. The van der Waals surface area contributed by atoms with Gasteiger partial charge in [0.05, 0.1) is 6.10 Å². The number of hydrogen-bond donors (Lipinski definition) is 2. The van der Waals surface area contributed by atoms with Gasteiger partial charge in [-0.2, -0.15) is 0 Å². The van der Waals surface area contributed by atoms with Gasteiger partial charge in [-0.25, -0.2) is 0 Å². The van der Waals surface area contributed by atoms with Gasteiger partial charge < -0.3 is 19.9 Å². The van der Waals surface area contributed by atoms with Crippen LogP contribution < -0.4 is 14.8 Å². The van der Waals surface area contributed by atoms with Crippen LogP contribution in [0.3, 0.4) is 0 Å². The Morgan fingerprint density at radius 3 is 3.00 bits per heavy atom. The van der Waals surface area contributed by atoms with E-state index in [9.17, 15) is 5.11 Å². The first-order valence-corrected chi connectivity index (χ1v) is 7.13. The predicted octanol–water partition coefficient (Wildman–Crippen LogP) is 2.20. The van der Waals surface area contributed by atoms with Crippen LogP contribution in [-0.2, 0) is 6.54 Å². The molecule has 3 rings (SSSR count). The zero-order chi connectivity index (χ0) is 13.1. The predicted molar refractivity (Wildman–Crippen MR) is 72.3 cm³/mol. The third kappa shape index (κ3) is 2.85. The molecule has 1 heterocycles. The minimum atomic E-state index is -0.226. The first-order chi connectivity index (χ1) is 9.34. The van der Waals surface area contributed by atoms with Crippen LogP contribution in [0.1, 0.15) is 37.7 Å². The topological polar surface area (TPSA) is 50.7 Å². The van der Waals surface area contributed by atoms with E-state index in [1.165, 1.54) is 12.8 Å². The number of fused-ring (bicyclic) bond motifs is 1. The van der Waals surface area contributed by atoms with Crippen molar-refractivity contribution in [2.75, 3.05) is 6.79 Å². The summed E-state index contributed by atoms with van der Waals surface area (Å²) < 4.78 is 10.9. The lowest BCUT2D eigenvalue weighted by Crippen LogP contribution is -2.38. The molecule has 4 nitrogen and oxygen atoms in total. The molecule has 0 bridgehead atoms. The van der Waals surface area contributed by atoms with E-state index < -0.39 is 0 Å². The average molecular weight is 263 g/mol. The fourth-order valence-corrected chi connectivity index (χ4v) is 2.90. The molecule has 2 unspecified atom stereocenters. The van der Waals surface area contributed by atoms with E-state index in [0.29, 0.717) is 13.3 Å². The van der Waals surface area contributed by atoms with E-state index in [1.807, 2.05) is 18.2 Å². The van der Waals surface area contributed by atoms with Crippen LogP contribution in [0.15, 0.2) is 18.2 Å². The van der Waals surface area contributed by atoms with Crippen LogP contribution in [0.4, 0.5) is 0 Å². The Bertz CT molecular complexity index is 435. The van der Waals surface area contributed by atoms with Crippen molar-refractivity contribution in [1.29, 1.82) is 0 Å². The second-order valence-electron chi connectivity index (χ2n) is 5.34. The van der Waals surface area contributed by atoms with Gasteiger partial charge in [-0.1, -0.05) is 31.4 Å². The monoisotopic (exact) mass is 263 g/mol. The molecular weight excluding hydrogens is 242 g/mol. The van der Waals surface area contributed by atoms with Crippen LogP contribution in [-0.4, -0.2) is 24.0 Å². The third-order valence-corrected chi connectivity index (χ3v) is 4.01. The van der Waals surface area contributed by atoms with Crippen molar-refractivity contribution in [1.82, 2.24) is 5.32 Å². The molecule has 0 saturated heterocycles. The minimum Gasteiger partial charge on any atom is -0.454 e. The molecule has 0 radical (unpaired) electrons. The molecule has 1 fully saturated rings. The van der Waals surface area contributed by atoms with Gasteiger partial charge >= 0.3 is 0 Å². The van der Waals surface area contributed by atoms with E-state index in [-0.39, 0.29) is 12.1 Å². The standard InChI is InChI=1S/C15H21NO3/c17-13-7-3-1-2-6-12(13)16-9-11-5-4-8-14-15(11)19-10-18-14/h4-5,8,12-13,16-17H,1-3,6-7,9-10H2. The maximum Gasteiger partial charge on any atom is 0.231 e. The largest absolute Gasteiger partial charge is 0.454 e. The first kappa shape index (κ1) is 12.8. The highest BCUT2D eigenvalue weighted by Gasteiger charge is 2.22. The van der Waals surface area contributed by atoms with Crippen molar-refractivity contribution < 1.29 is 14.6 Å². The molecule has 1 aromatic carbocycles. The summed E-state index contributed by atoms with van der Waals surface area (Å²) in [6, 6.07) is 6.14. The molecule has 2 N–H and O–H groups in total. The Morgan fingerprint density at radius 2 is 2.05 bits per heavy atom. The molecule has 4 heteroatoms. The Kier molecular flexibility index (Phi) is 3.89. The van der Waals surface area contributed by atoms with Gasteiger partial charge in [-0.15, -0.1) is 0 Å². The molecule has 2 atom stereocenters. The highest BCUT2D eigenvalue weighted by Crippen LogP contribution is 2.35. The molecule has 1 aliphatic carbocycles. The molecule has 0 amide bonds. The molecule has 0 aromatic heterocycles. The Balaban J connectivity index is 1.64. The van der Waals surface area contributed by atoms with Crippen LogP contribution in [0.5, 0.6) is 11.5 Å². The SMILES string of the molecule is OC1CCCCCC1NCc1cccc2c1OCO2. The Morgan fingerprint density at radius 1 is 1.16 bits per heavy atom. The number of benzene rings is 1. The van der Waals surface area contributed by atoms with Crippen molar-refractivity contribution in [3.63, 3.8) is 0 Å². The van der Waals surface area contributed by atoms with Gasteiger partial charge in [-0.05, 0) is 18.9 Å². The fourth-order valence-electron chi connectivity index (χ4n) is 2.90. The average Bonchev–Trinajstić information content (AvgIpc) is 2.81. The number of aliphatic hydroxyl groups excluding tert-OH is 1. The Labute approximate surface area is 113 Å². The number of aliphatic hydroxyl groups is 1. The number of para-hydroxylation sites is 1. The summed E-state index contributed by atoms with van der Waals surface area (Å²) in [6.07, 6.45) is 5.29. The van der Waals surface area contributed by atoms with Gasteiger partial charge in [0.1, 0.15) is 0 Å². The lowest BCUT2D eigenvalue weighted by molar-refractivity contribution is 0.119. The molecule has 104 valence electrons. The zero-order valence-corrected chi connectivity index (χ0v) is 11.1. The molecule has 0 spiro atoms. The third-order valence-electron chi connectivity index (χ3n) is 4.01. The number of hydrogen-bond acceptors (Lipinski definition) is 4. The molecule has 1 aliphatic heterocycles. The quantitative estimate of drug-likeness (QED) is 0.821. The molecular formula is C15H21NO3. The van der Waals surface area contributed by atoms with Crippen molar-refractivity contribution in [3.05, 3.63) is 23.8 Å². The minimum absolute atomic E-state index is 0.195. The van der Waals surface area contributed by atoms with Crippen LogP contribution >= 0.6 is 0 Å². The smallest absolute Gasteiger partial charge is 0.231 e. The van der Waals surface area contributed by atoms with Gasteiger partial charge in [0, 0.05) is 18.2 Å². The number of nitrogens with one attached hydrogen (secondary N) is 1. The molecule has 19 heavy (non-hydrogen) atoms. The highest BCUT2D eigenvalue weighted by atomic mass is 16.7. The van der Waals surface area contributed by atoms with Crippen LogP contribution in [0.25, 0.3) is 0 Å². The maximum absolute atomic E-state index is 10.1. The molecule has 1 aromatic rings. The van der Waals surface area contributed by atoms with E-state index >= 15 is 0 Å². The van der Waals surface area contributed by atoms with Crippen LogP contribution in [0.2, 0.25) is 0 Å². The summed E-state index contributed by atoms with van der Waals surface area (Å²) in [7, 11) is 0. The summed E-state index contributed by atoms with van der Waals surface area (Å²) in [4.78, 5) is 0. The number of ether oxygens (including phenoxy) is 2. The van der Waals surface area contributed by atoms with Crippen molar-refractivity contribution in [2.24, 2.45) is 0 Å². The van der Waals surface area contributed by atoms with Crippen molar-refractivity contribution >= 4 is 0 Å². The van der Waals surface area contributed by atoms with Gasteiger partial charge in [0.15, 0.2) is 11.5 Å². The summed E-state index contributed by atoms with van der Waals surface area (Å²) in [6.45, 7) is 1.02. The fraction of sp³-hybridized carbons (Fsp3) is 0.600. The highest BCUT2D eigenvalue weighted by molar-refractivity contribution is 5.48. The second kappa shape index (κ2) is 5.80. The van der Waals surface area contributed by atoms with E-state index in [0.717, 1.165) is 36.3 Å². The lowest BCUT2D eigenvalue weighted by Gasteiger charge is -2.22. The lowest BCUT2D eigenvalue weighted by atomic mass is 10.1. The zero-order valence-electron chi connectivity index (χ0n) is 11.1. The summed E-state index contributed by atoms with van der Waals surface area (Å²) >= 11 is 0. The summed E-state index contributed by atoms with van der Waals surface area (Å²) in [5.74, 6) is 1.67. The van der Waals surface area contributed by atoms with E-state index in [2.05, 4.69) is 5.32 Å². The van der Waals surface area contributed by atoms with Crippen molar-refractivity contribution in [3.8, 4) is 11.5 Å². The van der Waals surface area contributed by atoms with Crippen molar-refractivity contribution in [2.45, 2.75) is 50.8 Å². The second-order valence-corrected chi connectivity index (χ2v) is 5.34. The summed E-state index contributed by atoms with van der Waals surface area (Å²) in [5.41, 5.74) is 1.10. The van der Waals surface area contributed by atoms with E-state index in [4.69, 9.17) is 9.47 Å². The number of rotatable bonds is 3. The van der Waals surface area contributed by atoms with Gasteiger partial charge in [0.2, 0.25) is 6.79 Å². The Hall–Kier alpha value is -1.26. The molecule has 2 aliphatic rings. The summed E-state index contributed by atoms with van der Waals surface area (Å²) in [5, 5.41) is 13.6. The van der Waals surface area contributed by atoms with Gasteiger partial charge in [-0.3, -0.25) is 0 Å². The van der Waals surface area contributed by atoms with Gasteiger partial charge in [0.25, 0.3) is 0 Å².